The number of ether oxygens (including phenoxy) is 2. The van der Waals surface area contributed by atoms with Crippen LogP contribution >= 0.6 is 0 Å². The molecule has 1 heterocycles. The number of carbonyl (C=O) groups excluding carboxylic acids is 1. The highest BCUT2D eigenvalue weighted by Gasteiger charge is 2.12. The minimum absolute atomic E-state index is 0.0557. The number of non-ortho nitro benzene ring substituents is 1. The molecule has 0 aliphatic carbocycles. The van der Waals surface area contributed by atoms with E-state index >= 15 is 0 Å². The van der Waals surface area contributed by atoms with Gasteiger partial charge in [-0.2, -0.15) is 5.10 Å². The van der Waals surface area contributed by atoms with Gasteiger partial charge in [-0.3, -0.25) is 19.7 Å². The molecule has 2 aromatic carbocycles. The van der Waals surface area contributed by atoms with Crippen molar-refractivity contribution in [2.45, 2.75) is 6.54 Å². The number of nitrogens with zero attached hydrogens (tertiary/aromatic N) is 3. The number of hydrogen-bond donors (Lipinski definition) is 1. The number of nitro benzene ring substituents is 1. The molecule has 30 heavy (non-hydrogen) atoms. The molecule has 10 nitrogen and oxygen atoms in total. The standard InChI is InChI=1S/C20H18N4O6/c1-29-15-7-8-17(18(11-15)30-2)21-19(25)12-23-20(26)10-9-16(22-23)13-3-5-14(6-4-13)24(27)28/h3-11H,12H2,1-2H3,(H,21,25). The zero-order chi connectivity index (χ0) is 21.7. The Bertz CT molecular complexity index is 1140. The van der Waals surface area contributed by atoms with Crippen LogP contribution in [-0.2, 0) is 11.3 Å². The van der Waals surface area contributed by atoms with Gasteiger partial charge < -0.3 is 14.8 Å². The molecule has 0 atom stereocenters. The number of aromatic nitrogens is 2. The van der Waals surface area contributed by atoms with Crippen LogP contribution in [0.5, 0.6) is 11.5 Å². The summed E-state index contributed by atoms with van der Waals surface area (Å²) in [5.41, 5.74) is 0.881. The van der Waals surface area contributed by atoms with Crippen molar-refractivity contribution >= 4 is 17.3 Å². The van der Waals surface area contributed by atoms with Gasteiger partial charge >= 0.3 is 0 Å². The zero-order valence-corrected chi connectivity index (χ0v) is 16.2. The number of carbonyl (C=O) groups is 1. The predicted octanol–water partition coefficient (Wildman–Crippen LogP) is 2.47. The lowest BCUT2D eigenvalue weighted by molar-refractivity contribution is -0.384. The number of amides is 1. The van der Waals surface area contributed by atoms with Crippen LogP contribution in [0.4, 0.5) is 11.4 Å². The molecule has 0 aliphatic heterocycles. The van der Waals surface area contributed by atoms with Gasteiger partial charge in [-0.25, -0.2) is 4.68 Å². The SMILES string of the molecule is COc1ccc(NC(=O)Cn2nc(-c3ccc([N+](=O)[O-])cc3)ccc2=O)c(OC)c1. The van der Waals surface area contributed by atoms with Crippen molar-refractivity contribution in [3.63, 3.8) is 0 Å². The lowest BCUT2D eigenvalue weighted by atomic mass is 10.1. The van der Waals surface area contributed by atoms with Crippen LogP contribution in [-0.4, -0.2) is 34.8 Å². The topological polar surface area (TPSA) is 126 Å². The van der Waals surface area contributed by atoms with Crippen LogP contribution in [0.15, 0.2) is 59.4 Å². The fourth-order valence-corrected chi connectivity index (χ4v) is 2.70. The van der Waals surface area contributed by atoms with Gasteiger partial charge in [-0.15, -0.1) is 0 Å². The lowest BCUT2D eigenvalue weighted by Crippen LogP contribution is -2.29. The van der Waals surface area contributed by atoms with Crippen molar-refractivity contribution in [3.8, 4) is 22.8 Å². The second kappa shape index (κ2) is 8.86. The maximum absolute atomic E-state index is 12.5. The molecular weight excluding hydrogens is 392 g/mol. The van der Waals surface area contributed by atoms with Crippen molar-refractivity contribution in [1.82, 2.24) is 9.78 Å². The Morgan fingerprint density at radius 1 is 1.10 bits per heavy atom. The fourth-order valence-electron chi connectivity index (χ4n) is 2.70. The van der Waals surface area contributed by atoms with Crippen LogP contribution in [0.3, 0.4) is 0 Å². The summed E-state index contributed by atoms with van der Waals surface area (Å²) in [6, 6.07) is 13.4. The van der Waals surface area contributed by atoms with Gasteiger partial charge in [-0.05, 0) is 30.3 Å². The van der Waals surface area contributed by atoms with E-state index in [2.05, 4.69) is 10.4 Å². The normalized spacial score (nSPS) is 10.3. The highest BCUT2D eigenvalue weighted by atomic mass is 16.6. The number of hydrogen-bond acceptors (Lipinski definition) is 7. The molecule has 1 N–H and O–H groups in total. The van der Waals surface area contributed by atoms with E-state index in [4.69, 9.17) is 9.47 Å². The quantitative estimate of drug-likeness (QED) is 0.468. The highest BCUT2D eigenvalue weighted by molar-refractivity contribution is 5.92. The molecule has 0 unspecified atom stereocenters. The minimum Gasteiger partial charge on any atom is -0.497 e. The van der Waals surface area contributed by atoms with E-state index in [1.165, 1.54) is 50.6 Å². The molecule has 10 heteroatoms. The first-order valence-corrected chi connectivity index (χ1v) is 8.76. The molecule has 0 fully saturated rings. The number of anilines is 1. The van der Waals surface area contributed by atoms with Crippen LogP contribution in [0.2, 0.25) is 0 Å². The summed E-state index contributed by atoms with van der Waals surface area (Å²) in [5.74, 6) is 0.495. The third-order valence-corrected chi connectivity index (χ3v) is 4.22. The molecule has 154 valence electrons. The Morgan fingerprint density at radius 3 is 2.47 bits per heavy atom. The van der Waals surface area contributed by atoms with E-state index in [1.807, 2.05) is 0 Å². The van der Waals surface area contributed by atoms with Crippen molar-refractivity contribution in [2.75, 3.05) is 19.5 Å². The van der Waals surface area contributed by atoms with Crippen molar-refractivity contribution < 1.29 is 19.2 Å². The highest BCUT2D eigenvalue weighted by Crippen LogP contribution is 2.29. The van der Waals surface area contributed by atoms with E-state index in [0.29, 0.717) is 28.4 Å². The average molecular weight is 410 g/mol. The van der Waals surface area contributed by atoms with Gasteiger partial charge in [0.25, 0.3) is 11.2 Å². The largest absolute Gasteiger partial charge is 0.497 e. The number of rotatable bonds is 7. The van der Waals surface area contributed by atoms with E-state index in [9.17, 15) is 19.7 Å². The van der Waals surface area contributed by atoms with Crippen LogP contribution in [0.1, 0.15) is 0 Å². The van der Waals surface area contributed by atoms with Crippen LogP contribution in [0.25, 0.3) is 11.3 Å². The number of nitrogens with one attached hydrogen (secondary N) is 1. The maximum atomic E-state index is 12.5. The molecular formula is C20H18N4O6. The molecule has 3 rings (SSSR count). The van der Waals surface area contributed by atoms with Gasteiger partial charge in [0.1, 0.15) is 18.0 Å². The fraction of sp³-hybridized carbons (Fsp3) is 0.150. The van der Waals surface area contributed by atoms with E-state index in [0.717, 1.165) is 4.68 Å². The third kappa shape index (κ3) is 4.61. The second-order valence-electron chi connectivity index (χ2n) is 6.13. The molecule has 0 aliphatic rings. The molecule has 1 amide bonds. The number of methoxy groups -OCH3 is 2. The Balaban J connectivity index is 1.80. The summed E-state index contributed by atoms with van der Waals surface area (Å²) in [6.07, 6.45) is 0. The monoisotopic (exact) mass is 410 g/mol. The van der Waals surface area contributed by atoms with Gasteiger partial charge in [0.2, 0.25) is 5.91 Å². The molecule has 0 spiro atoms. The first-order valence-electron chi connectivity index (χ1n) is 8.76. The second-order valence-corrected chi connectivity index (χ2v) is 6.13. The Kier molecular flexibility index (Phi) is 6.06. The first kappa shape index (κ1) is 20.5. The molecule has 3 aromatic rings. The molecule has 0 saturated heterocycles. The van der Waals surface area contributed by atoms with Gasteiger partial charge in [0, 0.05) is 29.8 Å². The third-order valence-electron chi connectivity index (χ3n) is 4.22. The van der Waals surface area contributed by atoms with E-state index < -0.39 is 16.4 Å². The van der Waals surface area contributed by atoms with Crippen molar-refractivity contribution in [1.29, 1.82) is 0 Å². The number of benzene rings is 2. The Labute approximate surface area is 170 Å². The summed E-state index contributed by atoms with van der Waals surface area (Å²) in [6.45, 7) is -0.325. The predicted molar refractivity (Wildman–Crippen MR) is 109 cm³/mol. The smallest absolute Gasteiger partial charge is 0.269 e. The molecule has 0 radical (unpaired) electrons. The lowest BCUT2D eigenvalue weighted by Gasteiger charge is -2.12. The molecule has 0 saturated carbocycles. The summed E-state index contributed by atoms with van der Waals surface area (Å²) in [7, 11) is 2.98. The van der Waals surface area contributed by atoms with E-state index in [-0.39, 0.29) is 12.2 Å². The summed E-state index contributed by atoms with van der Waals surface area (Å²) < 4.78 is 11.4. The van der Waals surface area contributed by atoms with Crippen LogP contribution < -0.4 is 20.3 Å². The zero-order valence-electron chi connectivity index (χ0n) is 16.2. The van der Waals surface area contributed by atoms with Crippen LogP contribution in [0, 0.1) is 10.1 Å². The summed E-state index contributed by atoms with van der Waals surface area (Å²) in [4.78, 5) is 34.9. The van der Waals surface area contributed by atoms with Crippen molar-refractivity contribution in [2.24, 2.45) is 0 Å². The van der Waals surface area contributed by atoms with Crippen molar-refractivity contribution in [3.05, 3.63) is 75.1 Å². The number of nitro groups is 1. The minimum atomic E-state index is -0.504. The Hall–Kier alpha value is -4.21. The van der Waals surface area contributed by atoms with Gasteiger partial charge in [0.05, 0.1) is 30.5 Å². The van der Waals surface area contributed by atoms with Gasteiger partial charge in [0.15, 0.2) is 0 Å². The summed E-state index contributed by atoms with van der Waals surface area (Å²) >= 11 is 0. The maximum Gasteiger partial charge on any atom is 0.269 e. The molecule has 1 aromatic heterocycles. The average Bonchev–Trinajstić information content (AvgIpc) is 2.75. The Morgan fingerprint density at radius 2 is 1.83 bits per heavy atom. The van der Waals surface area contributed by atoms with E-state index in [1.54, 1.807) is 18.2 Å². The molecule has 0 bridgehead atoms. The van der Waals surface area contributed by atoms with Gasteiger partial charge in [-0.1, -0.05) is 0 Å². The summed E-state index contributed by atoms with van der Waals surface area (Å²) in [5, 5.41) is 17.6. The first-order chi connectivity index (χ1) is 14.4.